The minimum absolute atomic E-state index is 0.389. The van der Waals surface area contributed by atoms with E-state index in [2.05, 4.69) is 15.9 Å². The molecule has 1 nitrogen and oxygen atoms in total. The van der Waals surface area contributed by atoms with E-state index in [1.54, 1.807) is 32.0 Å². The predicted octanol–water partition coefficient (Wildman–Crippen LogP) is 4.43. The third-order valence-electron chi connectivity index (χ3n) is 3.00. The van der Waals surface area contributed by atoms with E-state index < -0.39 is 17.2 Å². The van der Waals surface area contributed by atoms with Crippen LogP contribution in [0.3, 0.4) is 0 Å². The molecule has 0 saturated carbocycles. The molecule has 1 aromatic carbocycles. The number of halogens is 4. The number of aliphatic hydroxyl groups is 1. The van der Waals surface area contributed by atoms with Gasteiger partial charge < -0.3 is 5.11 Å². The van der Waals surface area contributed by atoms with Crippen molar-refractivity contribution in [3.8, 4) is 0 Å². The third kappa shape index (κ3) is 3.48. The Labute approximate surface area is 113 Å². The largest absolute Gasteiger partial charge is 0.416 e. The second-order valence-electron chi connectivity index (χ2n) is 5.34. The second kappa shape index (κ2) is 4.85. The minimum Gasteiger partial charge on any atom is -0.381 e. The molecule has 1 aromatic rings. The standard InChI is InChI=1S/C13H16BrF3O/c1-11(2,8-12(3,18)13(15,16)17)9-5-4-6-10(14)7-9/h4-7,18H,8H2,1-3H3. The highest BCUT2D eigenvalue weighted by molar-refractivity contribution is 9.10. The van der Waals surface area contributed by atoms with Crippen LogP contribution in [0.5, 0.6) is 0 Å². The maximum atomic E-state index is 12.7. The number of hydrogen-bond acceptors (Lipinski definition) is 1. The molecule has 1 unspecified atom stereocenters. The van der Waals surface area contributed by atoms with Crippen LogP contribution in [0.15, 0.2) is 28.7 Å². The second-order valence-corrected chi connectivity index (χ2v) is 6.26. The zero-order chi connectivity index (χ0) is 14.2. The van der Waals surface area contributed by atoms with Gasteiger partial charge in [0.25, 0.3) is 0 Å². The van der Waals surface area contributed by atoms with Crippen LogP contribution < -0.4 is 0 Å². The van der Waals surface area contributed by atoms with E-state index in [1.807, 2.05) is 6.07 Å². The molecule has 1 N–H and O–H groups in total. The van der Waals surface area contributed by atoms with Gasteiger partial charge in [0.15, 0.2) is 5.60 Å². The number of alkyl halides is 3. The van der Waals surface area contributed by atoms with Crippen LogP contribution in [0.25, 0.3) is 0 Å². The summed E-state index contributed by atoms with van der Waals surface area (Å²) in [7, 11) is 0. The van der Waals surface area contributed by atoms with Crippen molar-refractivity contribution in [2.75, 3.05) is 0 Å². The van der Waals surface area contributed by atoms with E-state index in [-0.39, 0.29) is 6.42 Å². The van der Waals surface area contributed by atoms with Crippen LogP contribution in [0.4, 0.5) is 13.2 Å². The predicted molar refractivity (Wildman–Crippen MR) is 68.5 cm³/mol. The molecule has 0 spiro atoms. The van der Waals surface area contributed by atoms with E-state index >= 15 is 0 Å². The SMILES string of the molecule is CC(C)(CC(C)(O)C(F)(F)F)c1cccc(Br)c1. The zero-order valence-electron chi connectivity index (χ0n) is 10.5. The average Bonchev–Trinajstić information content (AvgIpc) is 2.14. The summed E-state index contributed by atoms with van der Waals surface area (Å²) >= 11 is 3.29. The lowest BCUT2D eigenvalue weighted by molar-refractivity contribution is -0.259. The molecule has 0 aliphatic rings. The van der Waals surface area contributed by atoms with Crippen LogP contribution in [0.1, 0.15) is 32.8 Å². The molecular formula is C13H16BrF3O. The van der Waals surface area contributed by atoms with Crippen molar-refractivity contribution in [1.82, 2.24) is 0 Å². The minimum atomic E-state index is -4.63. The number of rotatable bonds is 3. The molecule has 1 rings (SSSR count). The lowest BCUT2D eigenvalue weighted by Crippen LogP contribution is -2.46. The Hall–Kier alpha value is -0.550. The van der Waals surface area contributed by atoms with E-state index in [4.69, 9.17) is 0 Å². The fourth-order valence-corrected chi connectivity index (χ4v) is 2.37. The lowest BCUT2D eigenvalue weighted by atomic mass is 9.75. The Balaban J connectivity index is 3.02. The Morgan fingerprint density at radius 3 is 2.17 bits per heavy atom. The van der Waals surface area contributed by atoms with Crippen molar-refractivity contribution in [3.05, 3.63) is 34.3 Å². The molecule has 5 heteroatoms. The first-order valence-electron chi connectivity index (χ1n) is 5.51. The third-order valence-corrected chi connectivity index (χ3v) is 3.50. The molecule has 102 valence electrons. The van der Waals surface area contributed by atoms with Crippen LogP contribution in [-0.2, 0) is 5.41 Å². The lowest BCUT2D eigenvalue weighted by Gasteiger charge is -2.35. The van der Waals surface area contributed by atoms with Crippen LogP contribution in [0.2, 0.25) is 0 Å². The highest BCUT2D eigenvalue weighted by Crippen LogP contribution is 2.41. The summed E-state index contributed by atoms with van der Waals surface area (Å²) < 4.78 is 38.9. The van der Waals surface area contributed by atoms with Crippen molar-refractivity contribution in [2.24, 2.45) is 0 Å². The van der Waals surface area contributed by atoms with Crippen LogP contribution in [-0.4, -0.2) is 16.9 Å². The van der Waals surface area contributed by atoms with E-state index in [9.17, 15) is 18.3 Å². The van der Waals surface area contributed by atoms with Gasteiger partial charge in [-0.2, -0.15) is 13.2 Å². The maximum Gasteiger partial charge on any atom is 0.416 e. The Bertz CT molecular complexity index is 424. The number of benzene rings is 1. The van der Waals surface area contributed by atoms with Crippen molar-refractivity contribution in [1.29, 1.82) is 0 Å². The van der Waals surface area contributed by atoms with E-state index in [0.29, 0.717) is 0 Å². The first-order chi connectivity index (χ1) is 7.96. The molecule has 0 radical (unpaired) electrons. The maximum absolute atomic E-state index is 12.7. The summed E-state index contributed by atoms with van der Waals surface area (Å²) in [5.74, 6) is 0. The molecule has 0 heterocycles. The molecule has 0 fully saturated rings. The highest BCUT2D eigenvalue weighted by Gasteiger charge is 2.52. The Kier molecular flexibility index (Phi) is 4.18. The summed E-state index contributed by atoms with van der Waals surface area (Å²) in [5, 5.41) is 9.58. The average molecular weight is 325 g/mol. The van der Waals surface area contributed by atoms with Gasteiger partial charge in [0, 0.05) is 4.47 Å². The summed E-state index contributed by atoms with van der Waals surface area (Å²) in [4.78, 5) is 0. The molecule has 0 aliphatic heterocycles. The van der Waals surface area contributed by atoms with Crippen LogP contribution >= 0.6 is 15.9 Å². The summed E-state index contributed by atoms with van der Waals surface area (Å²) in [6.45, 7) is 4.19. The van der Waals surface area contributed by atoms with Gasteiger partial charge in [0.05, 0.1) is 0 Å². The van der Waals surface area contributed by atoms with Gasteiger partial charge in [-0.15, -0.1) is 0 Å². The molecule has 1 atom stereocenters. The number of hydrogen-bond donors (Lipinski definition) is 1. The van der Waals surface area contributed by atoms with Gasteiger partial charge in [-0.25, -0.2) is 0 Å². The first kappa shape index (κ1) is 15.5. The van der Waals surface area contributed by atoms with Gasteiger partial charge >= 0.3 is 6.18 Å². The molecule has 0 aromatic heterocycles. The highest BCUT2D eigenvalue weighted by atomic mass is 79.9. The van der Waals surface area contributed by atoms with Gasteiger partial charge in [-0.1, -0.05) is 41.9 Å². The summed E-state index contributed by atoms with van der Waals surface area (Å²) in [6.07, 6.45) is -5.02. The van der Waals surface area contributed by atoms with Crippen molar-refractivity contribution >= 4 is 15.9 Å². The normalized spacial score (nSPS) is 16.4. The molecular weight excluding hydrogens is 309 g/mol. The fourth-order valence-electron chi connectivity index (χ4n) is 1.97. The summed E-state index contributed by atoms with van der Waals surface area (Å²) in [5.41, 5.74) is -2.72. The zero-order valence-corrected chi connectivity index (χ0v) is 12.1. The monoisotopic (exact) mass is 324 g/mol. The molecule has 18 heavy (non-hydrogen) atoms. The van der Waals surface area contributed by atoms with Crippen molar-refractivity contribution < 1.29 is 18.3 Å². The van der Waals surface area contributed by atoms with Gasteiger partial charge in [0.1, 0.15) is 0 Å². The molecule has 0 saturated heterocycles. The Morgan fingerprint density at radius 1 is 1.17 bits per heavy atom. The van der Waals surface area contributed by atoms with E-state index in [0.717, 1.165) is 17.0 Å². The van der Waals surface area contributed by atoms with Crippen LogP contribution in [0, 0.1) is 0 Å². The summed E-state index contributed by atoms with van der Waals surface area (Å²) in [6, 6.07) is 7.11. The van der Waals surface area contributed by atoms with Crippen molar-refractivity contribution in [3.63, 3.8) is 0 Å². The van der Waals surface area contributed by atoms with Gasteiger partial charge in [-0.05, 0) is 36.5 Å². The quantitative estimate of drug-likeness (QED) is 0.872. The molecule has 0 amide bonds. The van der Waals surface area contributed by atoms with Gasteiger partial charge in [-0.3, -0.25) is 0 Å². The fraction of sp³-hybridized carbons (Fsp3) is 0.538. The van der Waals surface area contributed by atoms with Crippen molar-refractivity contribution in [2.45, 2.75) is 44.4 Å². The topological polar surface area (TPSA) is 20.2 Å². The Morgan fingerprint density at radius 2 is 1.72 bits per heavy atom. The van der Waals surface area contributed by atoms with E-state index in [1.165, 1.54) is 0 Å². The smallest absolute Gasteiger partial charge is 0.381 e. The first-order valence-corrected chi connectivity index (χ1v) is 6.30. The molecule has 0 aliphatic carbocycles. The molecule has 0 bridgehead atoms. The van der Waals surface area contributed by atoms with Gasteiger partial charge in [0.2, 0.25) is 0 Å².